The number of hydrogen-bond donors (Lipinski definition) is 0. The summed E-state index contributed by atoms with van der Waals surface area (Å²) < 4.78 is 11.3. The lowest BCUT2D eigenvalue weighted by atomic mass is 10.0. The highest BCUT2D eigenvalue weighted by molar-refractivity contribution is 8.76. The molecular weight excluding hydrogens is 415 g/mol. The Bertz CT molecular complexity index is 1130. The van der Waals surface area contributed by atoms with Crippen LogP contribution in [0.2, 0.25) is 0 Å². The topological polar surface area (TPSA) is 22.4 Å². The van der Waals surface area contributed by atoms with E-state index in [2.05, 4.69) is 43.3 Å². The monoisotopic (exact) mass is 438 g/mol. The van der Waals surface area contributed by atoms with Gasteiger partial charge in [0.25, 0.3) is 0 Å². The second-order valence-corrected chi connectivity index (χ2v) is 15.2. The van der Waals surface area contributed by atoms with Gasteiger partial charge >= 0.3 is 0 Å². The molecule has 148 valence electrons. The molecule has 2 unspecified atom stereocenters. The first-order valence-electron chi connectivity index (χ1n) is 9.90. The lowest BCUT2D eigenvalue weighted by Gasteiger charge is -2.25. The first-order valence-corrected chi connectivity index (χ1v) is 14.2. The minimum atomic E-state index is -2.02. The predicted molar refractivity (Wildman–Crippen MR) is 127 cm³/mol. The Morgan fingerprint density at radius 1 is 1.10 bits per heavy atom. The summed E-state index contributed by atoms with van der Waals surface area (Å²) in [6, 6.07) is 19.4. The van der Waals surface area contributed by atoms with Gasteiger partial charge in [0.05, 0.1) is 24.3 Å². The first-order chi connectivity index (χ1) is 14.1. The molecule has 2 atom stereocenters. The highest BCUT2D eigenvalue weighted by Gasteiger charge is 2.45. The van der Waals surface area contributed by atoms with Gasteiger partial charge in [-0.3, -0.25) is 0 Å². The highest BCUT2D eigenvalue weighted by Crippen LogP contribution is 2.80. The zero-order valence-electron chi connectivity index (χ0n) is 16.6. The van der Waals surface area contributed by atoms with E-state index in [9.17, 15) is 0 Å². The largest absolute Gasteiger partial charge is 0.497 e. The minimum absolute atomic E-state index is 0.160. The maximum absolute atomic E-state index is 6.53. The van der Waals surface area contributed by atoms with E-state index in [0.29, 0.717) is 0 Å². The molecule has 5 heteroatoms. The van der Waals surface area contributed by atoms with Crippen LogP contribution >= 0.6 is 16.6 Å². The lowest BCUT2D eigenvalue weighted by Crippen LogP contribution is -2.08. The van der Waals surface area contributed by atoms with Crippen LogP contribution in [0.4, 0.5) is 0 Å². The molecule has 29 heavy (non-hydrogen) atoms. The Labute approximate surface area is 181 Å². The van der Waals surface area contributed by atoms with Crippen molar-refractivity contribution in [3.05, 3.63) is 88.9 Å². The number of ether oxygens (including phenoxy) is 1. The van der Waals surface area contributed by atoms with Crippen molar-refractivity contribution in [3.8, 4) is 5.75 Å². The van der Waals surface area contributed by atoms with E-state index in [1.165, 1.54) is 32.5 Å². The Kier molecular flexibility index (Phi) is 4.98. The average Bonchev–Trinajstić information content (AvgIpc) is 3.31. The van der Waals surface area contributed by atoms with E-state index in [1.807, 2.05) is 29.6 Å². The van der Waals surface area contributed by atoms with E-state index in [4.69, 9.17) is 21.0 Å². The Morgan fingerprint density at radius 2 is 1.93 bits per heavy atom. The maximum atomic E-state index is 6.53. The number of aryl methyl sites for hydroxylation is 2. The summed E-state index contributed by atoms with van der Waals surface area (Å²) in [5.41, 5.74) is 5.78. The Hall–Kier alpha value is -1.74. The molecule has 0 spiro atoms. The summed E-state index contributed by atoms with van der Waals surface area (Å²) >= 11 is 8.47. The molecule has 0 bridgehead atoms. The van der Waals surface area contributed by atoms with Gasteiger partial charge in [-0.25, -0.2) is 0 Å². The van der Waals surface area contributed by atoms with Crippen LogP contribution in [0, 0.1) is 6.92 Å². The van der Waals surface area contributed by atoms with Crippen LogP contribution in [0.5, 0.6) is 5.75 Å². The fourth-order valence-electron chi connectivity index (χ4n) is 4.42. The molecule has 5 rings (SSSR count). The zero-order valence-corrected chi connectivity index (χ0v) is 19.1. The molecule has 1 aliphatic carbocycles. The molecule has 1 aromatic heterocycles. The van der Waals surface area contributed by atoms with Gasteiger partial charge in [0, 0.05) is 4.91 Å². The summed E-state index contributed by atoms with van der Waals surface area (Å²) in [5, 5.41) is -0.782. The second-order valence-electron chi connectivity index (χ2n) is 7.67. The van der Waals surface area contributed by atoms with Crippen molar-refractivity contribution in [2.75, 3.05) is 7.11 Å². The van der Waals surface area contributed by atoms with Crippen LogP contribution in [0.25, 0.3) is 4.91 Å². The second kappa shape index (κ2) is 7.50. The van der Waals surface area contributed by atoms with Gasteiger partial charge in [0.1, 0.15) is 11.5 Å². The number of allylic oxidation sites excluding steroid dienone is 1. The number of rotatable bonds is 3. The van der Waals surface area contributed by atoms with Crippen molar-refractivity contribution in [1.29, 1.82) is 0 Å². The molecule has 1 aliphatic heterocycles. The van der Waals surface area contributed by atoms with E-state index in [1.54, 1.807) is 13.4 Å². The van der Waals surface area contributed by atoms with Crippen LogP contribution in [0.15, 0.2) is 70.9 Å². The summed E-state index contributed by atoms with van der Waals surface area (Å²) in [7, 11) is 1.70. The number of methoxy groups -OCH3 is 1. The third kappa shape index (κ3) is 3.22. The van der Waals surface area contributed by atoms with Gasteiger partial charge in [-0.05, 0) is 84.6 Å². The number of furan rings is 1. The van der Waals surface area contributed by atoms with E-state index in [0.717, 1.165) is 30.8 Å². The van der Waals surface area contributed by atoms with E-state index >= 15 is 0 Å². The minimum Gasteiger partial charge on any atom is -0.497 e. The van der Waals surface area contributed by atoms with E-state index in [-0.39, 0.29) is 5.66 Å². The van der Waals surface area contributed by atoms with E-state index < -0.39 is 5.24 Å². The third-order valence-corrected chi connectivity index (χ3v) is 13.6. The van der Waals surface area contributed by atoms with Gasteiger partial charge < -0.3 is 9.15 Å². The molecule has 0 saturated heterocycles. The first kappa shape index (κ1) is 19.2. The SMILES string of the molecule is COc1ccc(P2(=S)SC3=C(CCCc4ccc(C)cc43)C2c2ccco2)cc1. The smallest absolute Gasteiger partial charge is 0.118 e. The fourth-order valence-corrected chi connectivity index (χ4v) is 12.5. The van der Waals surface area contributed by atoms with Gasteiger partial charge in [0.15, 0.2) is 0 Å². The number of benzene rings is 2. The highest BCUT2D eigenvalue weighted by atomic mass is 32.9. The van der Waals surface area contributed by atoms with Crippen LogP contribution in [0.1, 0.15) is 41.0 Å². The maximum Gasteiger partial charge on any atom is 0.118 e. The lowest BCUT2D eigenvalue weighted by molar-refractivity contribution is 0.415. The number of hydrogen-bond acceptors (Lipinski definition) is 4. The normalized spacial score (nSPS) is 23.4. The van der Waals surface area contributed by atoms with Crippen molar-refractivity contribution < 1.29 is 9.15 Å². The molecular formula is C24H23O2PS2. The third-order valence-electron chi connectivity index (χ3n) is 5.84. The van der Waals surface area contributed by atoms with Crippen molar-refractivity contribution in [2.45, 2.75) is 31.8 Å². The molecule has 2 heterocycles. The molecule has 0 N–H and O–H groups in total. The average molecular weight is 439 g/mol. The van der Waals surface area contributed by atoms with Crippen molar-refractivity contribution in [1.82, 2.24) is 0 Å². The molecule has 2 nitrogen and oxygen atoms in total. The summed E-state index contributed by atoms with van der Waals surface area (Å²) in [4.78, 5) is 1.40. The van der Waals surface area contributed by atoms with Crippen molar-refractivity contribution in [2.24, 2.45) is 0 Å². The van der Waals surface area contributed by atoms with Crippen LogP contribution < -0.4 is 10.0 Å². The van der Waals surface area contributed by atoms with Crippen molar-refractivity contribution >= 4 is 38.6 Å². The van der Waals surface area contributed by atoms with Gasteiger partial charge in [-0.2, -0.15) is 0 Å². The van der Waals surface area contributed by atoms with Crippen LogP contribution in [-0.4, -0.2) is 7.11 Å². The van der Waals surface area contributed by atoms with Gasteiger partial charge in [0.2, 0.25) is 0 Å². The predicted octanol–water partition coefficient (Wildman–Crippen LogP) is 6.85. The molecule has 0 fully saturated rings. The van der Waals surface area contributed by atoms with Crippen LogP contribution in [-0.2, 0) is 18.2 Å². The molecule has 2 aliphatic rings. The quantitative estimate of drug-likeness (QED) is 0.417. The van der Waals surface area contributed by atoms with Crippen LogP contribution in [0.3, 0.4) is 0 Å². The molecule has 0 saturated carbocycles. The Morgan fingerprint density at radius 3 is 2.66 bits per heavy atom. The van der Waals surface area contributed by atoms with Gasteiger partial charge in [-0.15, -0.1) is 0 Å². The molecule has 2 aromatic carbocycles. The van der Waals surface area contributed by atoms with Crippen molar-refractivity contribution in [3.63, 3.8) is 0 Å². The number of fused-ring (bicyclic) bond motifs is 2. The molecule has 0 radical (unpaired) electrons. The van der Waals surface area contributed by atoms with Gasteiger partial charge in [-0.1, -0.05) is 47.0 Å². The summed E-state index contributed by atoms with van der Waals surface area (Å²) in [6.45, 7) is 2.18. The molecule has 3 aromatic rings. The summed E-state index contributed by atoms with van der Waals surface area (Å²) in [5.74, 6) is 1.88. The fraction of sp³-hybridized carbons (Fsp3) is 0.250. The Balaban J connectivity index is 1.70. The molecule has 0 amide bonds. The summed E-state index contributed by atoms with van der Waals surface area (Å²) in [6.07, 6.45) is 5.14. The zero-order chi connectivity index (χ0) is 20.0. The standard InChI is InChI=1S/C24H23O2PS2/c1-16-8-9-17-5-3-6-20-23(22-7-4-14-26-22)27(28,29-24(20)21(17)15-16)19-12-10-18(25-2)11-13-19/h4,7-15,23H,3,5-6H2,1-2H3.